The normalized spacial score (nSPS) is 27.7. The Hall–Kier alpha value is -1.71. The molecule has 0 bridgehead atoms. The number of halogens is 1. The molecule has 3 heteroatoms. The Balaban J connectivity index is 1.31. The van der Waals surface area contributed by atoms with Crippen molar-refractivity contribution in [1.29, 1.82) is 0 Å². The van der Waals surface area contributed by atoms with Crippen LogP contribution < -0.4 is 0 Å². The van der Waals surface area contributed by atoms with Gasteiger partial charge in [-0.15, -0.1) is 0 Å². The van der Waals surface area contributed by atoms with Crippen molar-refractivity contribution >= 4 is 0 Å². The molecule has 1 saturated heterocycles. The van der Waals surface area contributed by atoms with Crippen LogP contribution in [0.4, 0.5) is 4.39 Å². The smallest absolute Gasteiger partial charge is 0.160 e. The van der Waals surface area contributed by atoms with Crippen LogP contribution in [0.1, 0.15) is 62.5 Å². The first kappa shape index (κ1) is 20.6. The zero-order valence-corrected chi connectivity index (χ0v) is 17.7. The van der Waals surface area contributed by atoms with Crippen molar-refractivity contribution in [2.45, 2.75) is 64.6 Å². The Labute approximate surface area is 174 Å². The van der Waals surface area contributed by atoms with Crippen LogP contribution in [0.15, 0.2) is 42.5 Å². The Morgan fingerprint density at radius 2 is 1.55 bits per heavy atom. The first-order chi connectivity index (χ1) is 14.1. The van der Waals surface area contributed by atoms with E-state index in [0.717, 1.165) is 24.3 Å². The van der Waals surface area contributed by atoms with Gasteiger partial charge in [0.2, 0.25) is 0 Å². The summed E-state index contributed by atoms with van der Waals surface area (Å²) in [7, 11) is 0. The topological polar surface area (TPSA) is 18.5 Å². The average Bonchev–Trinajstić information content (AvgIpc) is 2.77. The highest BCUT2D eigenvalue weighted by molar-refractivity contribution is 5.64. The summed E-state index contributed by atoms with van der Waals surface area (Å²) in [5, 5.41) is 0. The summed E-state index contributed by atoms with van der Waals surface area (Å²) in [6.45, 7) is 5.74. The minimum Gasteiger partial charge on any atom is -0.352 e. The molecule has 2 aliphatic rings. The summed E-state index contributed by atoms with van der Waals surface area (Å²) in [6.07, 6.45) is 7.10. The molecule has 0 spiro atoms. The summed E-state index contributed by atoms with van der Waals surface area (Å²) < 4.78 is 26.0. The molecular weight excluding hydrogens is 363 g/mol. The number of benzene rings is 2. The lowest BCUT2D eigenvalue weighted by Crippen LogP contribution is -2.38. The van der Waals surface area contributed by atoms with Gasteiger partial charge < -0.3 is 9.47 Å². The van der Waals surface area contributed by atoms with E-state index in [1.807, 2.05) is 12.1 Å². The molecule has 1 saturated carbocycles. The minimum absolute atomic E-state index is 0.00265. The molecule has 29 heavy (non-hydrogen) atoms. The monoisotopic (exact) mass is 396 g/mol. The van der Waals surface area contributed by atoms with Crippen LogP contribution in [0.5, 0.6) is 0 Å². The molecule has 1 aliphatic heterocycles. The van der Waals surface area contributed by atoms with Gasteiger partial charge in [0.15, 0.2) is 6.29 Å². The molecule has 0 N–H and O–H groups in total. The van der Waals surface area contributed by atoms with Gasteiger partial charge in [-0.3, -0.25) is 0 Å². The third-order valence-corrected chi connectivity index (χ3v) is 6.73. The number of aryl methyl sites for hydroxylation is 1. The minimum atomic E-state index is -0.141. The molecule has 0 aromatic heterocycles. The van der Waals surface area contributed by atoms with Crippen molar-refractivity contribution in [2.24, 2.45) is 11.8 Å². The van der Waals surface area contributed by atoms with Crippen molar-refractivity contribution in [3.63, 3.8) is 0 Å². The Kier molecular flexibility index (Phi) is 6.67. The molecule has 1 heterocycles. The first-order valence-corrected chi connectivity index (χ1v) is 11.2. The standard InChI is InChI=1S/C26H33FO2/c1-3-4-19-16-28-26(29-17-19)23-13-11-21(12-14-23)20-7-9-22(10-8-20)24-6-5-18(2)25(27)15-24/h5-10,15,19,21,23,26H,3-4,11-14,16-17H2,1-2H3. The number of hydrogen-bond donors (Lipinski definition) is 0. The molecule has 0 unspecified atom stereocenters. The van der Waals surface area contributed by atoms with Crippen molar-refractivity contribution < 1.29 is 13.9 Å². The molecule has 0 radical (unpaired) electrons. The van der Waals surface area contributed by atoms with Gasteiger partial charge in [-0.25, -0.2) is 4.39 Å². The number of ether oxygens (including phenoxy) is 2. The SMILES string of the molecule is CCCC1COC(C2CCC(c3ccc(-c4ccc(C)c(F)c4)cc3)CC2)OC1. The molecule has 0 amide bonds. The van der Waals surface area contributed by atoms with E-state index in [9.17, 15) is 4.39 Å². The van der Waals surface area contributed by atoms with E-state index in [4.69, 9.17) is 9.47 Å². The van der Waals surface area contributed by atoms with E-state index in [1.165, 1.54) is 44.1 Å². The van der Waals surface area contributed by atoms with E-state index in [1.54, 1.807) is 13.0 Å². The summed E-state index contributed by atoms with van der Waals surface area (Å²) in [6, 6.07) is 14.2. The van der Waals surface area contributed by atoms with Crippen LogP contribution in [-0.4, -0.2) is 19.5 Å². The largest absolute Gasteiger partial charge is 0.352 e. The molecule has 4 rings (SSSR count). The fraction of sp³-hybridized carbons (Fsp3) is 0.538. The van der Waals surface area contributed by atoms with Crippen molar-refractivity contribution in [2.75, 3.05) is 13.2 Å². The first-order valence-electron chi connectivity index (χ1n) is 11.2. The van der Waals surface area contributed by atoms with Crippen LogP contribution in [0.25, 0.3) is 11.1 Å². The molecule has 1 aliphatic carbocycles. The summed E-state index contributed by atoms with van der Waals surface area (Å²) in [5.74, 6) is 1.57. The zero-order valence-electron chi connectivity index (χ0n) is 17.7. The quantitative estimate of drug-likeness (QED) is 0.549. The fourth-order valence-electron chi connectivity index (χ4n) is 4.85. The van der Waals surface area contributed by atoms with Crippen LogP contribution in [-0.2, 0) is 9.47 Å². The van der Waals surface area contributed by atoms with Gasteiger partial charge in [-0.1, -0.05) is 49.7 Å². The lowest BCUT2D eigenvalue weighted by molar-refractivity contribution is -0.229. The predicted molar refractivity (Wildman–Crippen MR) is 115 cm³/mol. The lowest BCUT2D eigenvalue weighted by Gasteiger charge is -2.37. The molecule has 156 valence electrons. The maximum atomic E-state index is 13.9. The van der Waals surface area contributed by atoms with Gasteiger partial charge in [-0.2, -0.15) is 0 Å². The predicted octanol–water partition coefficient (Wildman–Crippen LogP) is 6.86. The van der Waals surface area contributed by atoms with Crippen molar-refractivity contribution in [3.8, 4) is 11.1 Å². The summed E-state index contributed by atoms with van der Waals surface area (Å²) >= 11 is 0. The van der Waals surface area contributed by atoms with Crippen LogP contribution in [0.2, 0.25) is 0 Å². The van der Waals surface area contributed by atoms with Gasteiger partial charge in [0.25, 0.3) is 0 Å². The van der Waals surface area contributed by atoms with E-state index >= 15 is 0 Å². The van der Waals surface area contributed by atoms with Gasteiger partial charge in [0.1, 0.15) is 5.82 Å². The fourth-order valence-corrected chi connectivity index (χ4v) is 4.85. The molecule has 2 nitrogen and oxygen atoms in total. The Morgan fingerprint density at radius 1 is 0.897 bits per heavy atom. The molecular formula is C26H33FO2. The van der Waals surface area contributed by atoms with Gasteiger partial charge in [0, 0.05) is 11.8 Å². The highest BCUT2D eigenvalue weighted by Gasteiger charge is 2.32. The number of rotatable bonds is 5. The maximum absolute atomic E-state index is 13.9. The van der Waals surface area contributed by atoms with Gasteiger partial charge in [-0.05, 0) is 73.3 Å². The van der Waals surface area contributed by atoms with E-state index in [0.29, 0.717) is 23.3 Å². The lowest BCUT2D eigenvalue weighted by atomic mass is 9.78. The maximum Gasteiger partial charge on any atom is 0.160 e. The molecule has 2 aromatic rings. The Bertz CT molecular complexity index is 785. The highest BCUT2D eigenvalue weighted by Crippen LogP contribution is 2.39. The van der Waals surface area contributed by atoms with Crippen LogP contribution in [0, 0.1) is 24.6 Å². The van der Waals surface area contributed by atoms with Crippen LogP contribution in [0.3, 0.4) is 0 Å². The van der Waals surface area contributed by atoms with Crippen molar-refractivity contribution in [1.82, 2.24) is 0 Å². The molecule has 2 aromatic carbocycles. The zero-order chi connectivity index (χ0) is 20.2. The highest BCUT2D eigenvalue weighted by atomic mass is 19.1. The van der Waals surface area contributed by atoms with E-state index < -0.39 is 0 Å². The second-order valence-corrected chi connectivity index (χ2v) is 8.89. The van der Waals surface area contributed by atoms with Crippen LogP contribution >= 0.6 is 0 Å². The average molecular weight is 397 g/mol. The summed E-state index contributed by atoms with van der Waals surface area (Å²) in [4.78, 5) is 0. The second kappa shape index (κ2) is 9.40. The number of hydrogen-bond acceptors (Lipinski definition) is 2. The third kappa shape index (κ3) is 4.90. The van der Waals surface area contributed by atoms with E-state index in [-0.39, 0.29) is 12.1 Å². The van der Waals surface area contributed by atoms with Gasteiger partial charge >= 0.3 is 0 Å². The third-order valence-electron chi connectivity index (χ3n) is 6.73. The molecule has 2 fully saturated rings. The second-order valence-electron chi connectivity index (χ2n) is 8.89. The summed E-state index contributed by atoms with van der Waals surface area (Å²) in [5.41, 5.74) is 4.10. The van der Waals surface area contributed by atoms with E-state index in [2.05, 4.69) is 31.2 Å². The molecule has 0 atom stereocenters. The van der Waals surface area contributed by atoms with Gasteiger partial charge in [0.05, 0.1) is 13.2 Å². The van der Waals surface area contributed by atoms with Crippen molar-refractivity contribution in [3.05, 3.63) is 59.4 Å². The Morgan fingerprint density at radius 3 is 2.17 bits per heavy atom.